The van der Waals surface area contributed by atoms with E-state index >= 15 is 0 Å². The number of hydrogen-bond donors (Lipinski definition) is 2. The van der Waals surface area contributed by atoms with Gasteiger partial charge in [0.2, 0.25) is 5.91 Å². The average molecular weight is 364 g/mol. The van der Waals surface area contributed by atoms with Crippen molar-refractivity contribution in [1.82, 2.24) is 10.3 Å². The van der Waals surface area contributed by atoms with Gasteiger partial charge in [0.1, 0.15) is 5.52 Å². The van der Waals surface area contributed by atoms with Crippen molar-refractivity contribution >= 4 is 28.8 Å². The molecule has 2 N–H and O–H groups in total. The van der Waals surface area contributed by atoms with Gasteiger partial charge >= 0.3 is 0 Å². The molecule has 1 aromatic heterocycles. The molecule has 6 nitrogen and oxygen atoms in total. The summed E-state index contributed by atoms with van der Waals surface area (Å²) in [6.07, 6.45) is 2.20. The molecule has 1 amide bonds. The molecule has 3 rings (SSSR count). The third-order valence-corrected chi connectivity index (χ3v) is 5.92. The molecule has 1 saturated heterocycles. The number of rotatable bonds is 7. The summed E-state index contributed by atoms with van der Waals surface area (Å²) in [6, 6.07) is 7.56. The number of ether oxygens (including phenoxy) is 1. The molecular formula is C18H24N2O4S. The van der Waals surface area contributed by atoms with Gasteiger partial charge in [-0.1, -0.05) is 30.8 Å². The van der Waals surface area contributed by atoms with Crippen LogP contribution in [0.3, 0.4) is 0 Å². The van der Waals surface area contributed by atoms with E-state index in [9.17, 15) is 9.90 Å². The topological polar surface area (TPSA) is 84.6 Å². The maximum Gasteiger partial charge on any atom is 0.257 e. The summed E-state index contributed by atoms with van der Waals surface area (Å²) in [6.45, 7) is 3.76. The van der Waals surface area contributed by atoms with E-state index in [4.69, 9.17) is 9.15 Å². The molecule has 1 aliphatic rings. The molecule has 1 aromatic carbocycles. The molecule has 0 radical (unpaired) electrons. The minimum absolute atomic E-state index is 0.0472. The lowest BCUT2D eigenvalue weighted by atomic mass is 9.81. The number of carbonyl (C=O) groups is 1. The number of hydrogen-bond acceptors (Lipinski definition) is 6. The number of aromatic nitrogens is 1. The zero-order valence-electron chi connectivity index (χ0n) is 14.4. The average Bonchev–Trinajstić information content (AvgIpc) is 3.07. The predicted molar refractivity (Wildman–Crippen MR) is 96.5 cm³/mol. The summed E-state index contributed by atoms with van der Waals surface area (Å²) in [5.41, 5.74) is 1.25. The Kier molecular flexibility index (Phi) is 5.98. The Hall–Kier alpha value is -1.57. The summed E-state index contributed by atoms with van der Waals surface area (Å²) in [5, 5.41) is 13.0. The molecule has 25 heavy (non-hydrogen) atoms. The molecule has 0 bridgehead atoms. The molecule has 2 aromatic rings. The van der Waals surface area contributed by atoms with Crippen LogP contribution in [0, 0.1) is 5.41 Å². The highest BCUT2D eigenvalue weighted by atomic mass is 32.2. The van der Waals surface area contributed by atoms with E-state index in [0.717, 1.165) is 23.9 Å². The molecule has 0 aliphatic carbocycles. The highest BCUT2D eigenvalue weighted by molar-refractivity contribution is 8.00. The lowest BCUT2D eigenvalue weighted by molar-refractivity contribution is -0.121. The van der Waals surface area contributed by atoms with Gasteiger partial charge in [0.05, 0.1) is 11.9 Å². The molecule has 1 atom stereocenters. The molecule has 0 saturated carbocycles. The first kappa shape index (κ1) is 18.2. The van der Waals surface area contributed by atoms with Crippen LogP contribution in [-0.4, -0.2) is 47.6 Å². The van der Waals surface area contributed by atoms with Crippen molar-refractivity contribution in [2.75, 3.05) is 26.4 Å². The minimum atomic E-state index is -0.274. The second-order valence-electron chi connectivity index (χ2n) is 6.45. The van der Waals surface area contributed by atoms with Gasteiger partial charge in [0.15, 0.2) is 5.58 Å². The van der Waals surface area contributed by atoms with Crippen LogP contribution in [-0.2, 0) is 9.53 Å². The summed E-state index contributed by atoms with van der Waals surface area (Å²) in [5.74, 6) is -0.0472. The first-order chi connectivity index (χ1) is 12.2. The van der Waals surface area contributed by atoms with Crippen LogP contribution in [0.5, 0.6) is 0 Å². The number of aliphatic hydroxyl groups is 1. The smallest absolute Gasteiger partial charge is 0.257 e. The van der Waals surface area contributed by atoms with Crippen LogP contribution in [0.15, 0.2) is 33.9 Å². The quantitative estimate of drug-likeness (QED) is 0.735. The highest BCUT2D eigenvalue weighted by Gasteiger charge is 2.33. The second-order valence-corrected chi connectivity index (χ2v) is 7.60. The van der Waals surface area contributed by atoms with Crippen LogP contribution in [0.4, 0.5) is 0 Å². The first-order valence-electron chi connectivity index (χ1n) is 8.64. The van der Waals surface area contributed by atoms with Gasteiger partial charge < -0.3 is 19.6 Å². The van der Waals surface area contributed by atoms with Crippen molar-refractivity contribution in [3.8, 4) is 0 Å². The molecule has 0 spiro atoms. The van der Waals surface area contributed by atoms with Gasteiger partial charge in [0, 0.05) is 25.2 Å². The molecule has 136 valence electrons. The van der Waals surface area contributed by atoms with Crippen LogP contribution in [0.2, 0.25) is 0 Å². The molecule has 7 heteroatoms. The number of amides is 1. The number of oxazole rings is 1. The molecule has 2 heterocycles. The SMILES string of the molecule is CC[C@@H](Sc1nc2ccccc2o1)C(=O)NCC1(CO)CCOCC1. The van der Waals surface area contributed by atoms with Gasteiger partial charge in [0.25, 0.3) is 5.22 Å². The number of para-hydroxylation sites is 2. The van der Waals surface area contributed by atoms with Gasteiger partial charge in [-0.15, -0.1) is 0 Å². The number of thioether (sulfide) groups is 1. The normalized spacial score (nSPS) is 18.2. The highest BCUT2D eigenvalue weighted by Crippen LogP contribution is 2.31. The van der Waals surface area contributed by atoms with E-state index in [1.807, 2.05) is 31.2 Å². The number of aliphatic hydroxyl groups excluding tert-OH is 1. The van der Waals surface area contributed by atoms with Crippen LogP contribution in [0.25, 0.3) is 11.1 Å². The first-order valence-corrected chi connectivity index (χ1v) is 9.52. The van der Waals surface area contributed by atoms with E-state index in [0.29, 0.717) is 31.4 Å². The minimum Gasteiger partial charge on any atom is -0.431 e. The number of nitrogens with zero attached hydrogens (tertiary/aromatic N) is 1. The lowest BCUT2D eigenvalue weighted by Gasteiger charge is -2.35. The van der Waals surface area contributed by atoms with E-state index in [2.05, 4.69) is 10.3 Å². The molecular weight excluding hydrogens is 340 g/mol. The fourth-order valence-electron chi connectivity index (χ4n) is 2.93. The third-order valence-electron chi connectivity index (χ3n) is 4.71. The lowest BCUT2D eigenvalue weighted by Crippen LogP contribution is -2.45. The molecule has 1 fully saturated rings. The van der Waals surface area contributed by atoms with Crippen molar-refractivity contribution in [1.29, 1.82) is 0 Å². The number of benzene rings is 1. The fraction of sp³-hybridized carbons (Fsp3) is 0.556. The molecule has 1 aliphatic heterocycles. The third kappa shape index (κ3) is 4.34. The van der Waals surface area contributed by atoms with E-state index in [-0.39, 0.29) is 23.2 Å². The Balaban J connectivity index is 1.60. The van der Waals surface area contributed by atoms with Crippen molar-refractivity contribution in [2.24, 2.45) is 5.41 Å². The zero-order valence-corrected chi connectivity index (χ0v) is 15.2. The van der Waals surface area contributed by atoms with Crippen molar-refractivity contribution < 1.29 is 19.1 Å². The summed E-state index contributed by atoms with van der Waals surface area (Å²) in [4.78, 5) is 17.0. The van der Waals surface area contributed by atoms with Crippen molar-refractivity contribution in [2.45, 2.75) is 36.7 Å². The Morgan fingerprint density at radius 1 is 1.40 bits per heavy atom. The maximum atomic E-state index is 12.6. The second kappa shape index (κ2) is 8.21. The van der Waals surface area contributed by atoms with Gasteiger partial charge in [-0.25, -0.2) is 4.98 Å². The zero-order chi connectivity index (χ0) is 17.7. The van der Waals surface area contributed by atoms with Crippen LogP contribution < -0.4 is 5.32 Å². The Bertz CT molecular complexity index is 679. The fourth-order valence-corrected chi connectivity index (χ4v) is 3.82. The van der Waals surface area contributed by atoms with E-state index < -0.39 is 0 Å². The predicted octanol–water partition coefficient (Wildman–Crippen LogP) is 2.60. The summed E-state index contributed by atoms with van der Waals surface area (Å²) >= 11 is 1.34. The van der Waals surface area contributed by atoms with Gasteiger partial charge in [-0.2, -0.15) is 0 Å². The molecule has 0 unspecified atom stereocenters. The van der Waals surface area contributed by atoms with Crippen LogP contribution in [0.1, 0.15) is 26.2 Å². The standard InChI is InChI=1S/C18H24N2O4S/c1-2-15(25-17-20-13-5-3-4-6-14(13)24-17)16(22)19-11-18(12-21)7-9-23-10-8-18/h3-6,15,21H,2,7-12H2,1H3,(H,19,22)/t15-/m1/s1. The maximum absolute atomic E-state index is 12.6. The van der Waals surface area contributed by atoms with Crippen LogP contribution >= 0.6 is 11.8 Å². The van der Waals surface area contributed by atoms with Gasteiger partial charge in [-0.3, -0.25) is 4.79 Å². The number of carbonyl (C=O) groups excluding carboxylic acids is 1. The van der Waals surface area contributed by atoms with E-state index in [1.54, 1.807) is 0 Å². The summed E-state index contributed by atoms with van der Waals surface area (Å²) < 4.78 is 11.1. The van der Waals surface area contributed by atoms with Gasteiger partial charge in [-0.05, 0) is 31.4 Å². The van der Waals surface area contributed by atoms with E-state index in [1.165, 1.54) is 11.8 Å². The Morgan fingerprint density at radius 2 is 2.16 bits per heavy atom. The Labute approximate surface area is 151 Å². The monoisotopic (exact) mass is 364 g/mol. The largest absolute Gasteiger partial charge is 0.431 e. The van der Waals surface area contributed by atoms with Crippen molar-refractivity contribution in [3.63, 3.8) is 0 Å². The Morgan fingerprint density at radius 3 is 2.84 bits per heavy atom. The van der Waals surface area contributed by atoms with Crippen molar-refractivity contribution in [3.05, 3.63) is 24.3 Å². The number of nitrogens with one attached hydrogen (secondary N) is 1. The number of fused-ring (bicyclic) bond motifs is 1. The summed E-state index contributed by atoms with van der Waals surface area (Å²) in [7, 11) is 0.